The van der Waals surface area contributed by atoms with E-state index >= 15 is 0 Å². The Morgan fingerprint density at radius 2 is 1.61 bits per heavy atom. The highest BCUT2D eigenvalue weighted by Crippen LogP contribution is 2.21. The van der Waals surface area contributed by atoms with E-state index in [1.165, 1.54) is 4.31 Å². The van der Waals surface area contributed by atoms with Crippen LogP contribution >= 0.6 is 15.9 Å². The second-order valence-electron chi connectivity index (χ2n) is 5.70. The summed E-state index contributed by atoms with van der Waals surface area (Å²) in [6, 6.07) is 6.64. The maximum atomic E-state index is 12.6. The van der Waals surface area contributed by atoms with E-state index in [1.807, 2.05) is 13.8 Å². The van der Waals surface area contributed by atoms with Crippen molar-refractivity contribution in [1.29, 1.82) is 0 Å². The second kappa shape index (κ2) is 7.77. The fourth-order valence-electron chi connectivity index (χ4n) is 2.80. The molecule has 0 N–H and O–H groups in total. The third-order valence-corrected chi connectivity index (χ3v) is 6.78. The summed E-state index contributed by atoms with van der Waals surface area (Å²) in [5.74, 6) is 0.195. The van der Waals surface area contributed by atoms with Gasteiger partial charge in [-0.1, -0.05) is 29.8 Å². The minimum Gasteiger partial charge on any atom is -0.340 e. The molecular formula is C16H23BrN2O3S. The summed E-state index contributed by atoms with van der Waals surface area (Å²) in [7, 11) is -3.48. The molecule has 1 heterocycles. The Morgan fingerprint density at radius 3 is 2.09 bits per heavy atom. The SMILES string of the molecule is CCC(CC)C(=O)N1CCN(S(=O)(=O)c2ccc(Br)cc2)CC1. The molecule has 0 radical (unpaired) electrons. The Hall–Kier alpha value is -0.920. The molecule has 7 heteroatoms. The lowest BCUT2D eigenvalue weighted by Gasteiger charge is -2.35. The van der Waals surface area contributed by atoms with Gasteiger partial charge in [0, 0.05) is 36.6 Å². The molecule has 1 aromatic rings. The third-order valence-electron chi connectivity index (χ3n) is 4.34. The molecule has 0 aliphatic carbocycles. The number of piperazine rings is 1. The zero-order chi connectivity index (χ0) is 17.0. The number of rotatable bonds is 5. The highest BCUT2D eigenvalue weighted by molar-refractivity contribution is 9.10. The van der Waals surface area contributed by atoms with Crippen LogP contribution in [0.2, 0.25) is 0 Å². The highest BCUT2D eigenvalue weighted by atomic mass is 79.9. The van der Waals surface area contributed by atoms with Crippen LogP contribution in [0.4, 0.5) is 0 Å². The van der Waals surface area contributed by atoms with Gasteiger partial charge in [-0.2, -0.15) is 4.31 Å². The van der Waals surface area contributed by atoms with Crippen molar-refractivity contribution in [1.82, 2.24) is 9.21 Å². The molecule has 0 atom stereocenters. The number of nitrogens with zero attached hydrogens (tertiary/aromatic N) is 2. The Kier molecular flexibility index (Phi) is 6.22. The summed E-state index contributed by atoms with van der Waals surface area (Å²) in [6.45, 7) is 5.66. The summed E-state index contributed by atoms with van der Waals surface area (Å²) in [5.41, 5.74) is 0. The fourth-order valence-corrected chi connectivity index (χ4v) is 4.49. The molecule has 0 spiro atoms. The fraction of sp³-hybridized carbons (Fsp3) is 0.562. The van der Waals surface area contributed by atoms with Crippen LogP contribution in [0.1, 0.15) is 26.7 Å². The number of carbonyl (C=O) groups is 1. The molecule has 5 nitrogen and oxygen atoms in total. The van der Waals surface area contributed by atoms with E-state index in [4.69, 9.17) is 0 Å². The molecule has 1 fully saturated rings. The summed E-state index contributed by atoms with van der Waals surface area (Å²) in [4.78, 5) is 14.5. The van der Waals surface area contributed by atoms with Crippen molar-refractivity contribution in [2.45, 2.75) is 31.6 Å². The van der Waals surface area contributed by atoms with Crippen LogP contribution in [0.3, 0.4) is 0 Å². The monoisotopic (exact) mass is 402 g/mol. The van der Waals surface area contributed by atoms with Gasteiger partial charge < -0.3 is 4.90 Å². The highest BCUT2D eigenvalue weighted by Gasteiger charge is 2.31. The van der Waals surface area contributed by atoms with Crippen LogP contribution < -0.4 is 0 Å². The number of carbonyl (C=O) groups excluding carboxylic acids is 1. The zero-order valence-electron chi connectivity index (χ0n) is 13.5. The van der Waals surface area contributed by atoms with Gasteiger partial charge in [0.2, 0.25) is 15.9 Å². The van der Waals surface area contributed by atoms with Crippen LogP contribution in [0.25, 0.3) is 0 Å². The lowest BCUT2D eigenvalue weighted by atomic mass is 10.0. The predicted molar refractivity (Wildman–Crippen MR) is 93.6 cm³/mol. The first-order valence-electron chi connectivity index (χ1n) is 7.94. The van der Waals surface area contributed by atoms with Crippen molar-refractivity contribution >= 4 is 31.9 Å². The number of amides is 1. The number of benzene rings is 1. The van der Waals surface area contributed by atoms with E-state index in [-0.39, 0.29) is 11.8 Å². The number of hydrogen-bond donors (Lipinski definition) is 0. The van der Waals surface area contributed by atoms with Gasteiger partial charge in [0.1, 0.15) is 0 Å². The van der Waals surface area contributed by atoms with Gasteiger partial charge in [-0.05, 0) is 37.1 Å². The van der Waals surface area contributed by atoms with Crippen molar-refractivity contribution in [3.8, 4) is 0 Å². The molecule has 1 amide bonds. The summed E-state index contributed by atoms with van der Waals surface area (Å²) in [6.07, 6.45) is 1.65. The van der Waals surface area contributed by atoms with E-state index in [0.29, 0.717) is 31.1 Å². The number of hydrogen-bond acceptors (Lipinski definition) is 3. The van der Waals surface area contributed by atoms with E-state index in [0.717, 1.165) is 17.3 Å². The smallest absolute Gasteiger partial charge is 0.243 e. The quantitative estimate of drug-likeness (QED) is 0.760. The molecule has 2 rings (SSSR count). The summed E-state index contributed by atoms with van der Waals surface area (Å²) < 4.78 is 27.6. The van der Waals surface area contributed by atoms with Crippen molar-refractivity contribution in [2.24, 2.45) is 5.92 Å². The topological polar surface area (TPSA) is 57.7 Å². The van der Waals surface area contributed by atoms with E-state index in [2.05, 4.69) is 15.9 Å². The van der Waals surface area contributed by atoms with E-state index in [1.54, 1.807) is 29.2 Å². The first-order chi connectivity index (χ1) is 10.9. The molecule has 1 aliphatic rings. The van der Waals surface area contributed by atoms with Crippen molar-refractivity contribution in [3.63, 3.8) is 0 Å². The molecule has 1 aromatic carbocycles. The molecule has 128 valence electrons. The van der Waals surface area contributed by atoms with Crippen LogP contribution in [0, 0.1) is 5.92 Å². The largest absolute Gasteiger partial charge is 0.340 e. The Morgan fingerprint density at radius 1 is 1.09 bits per heavy atom. The first kappa shape index (κ1) is 18.4. The van der Waals surface area contributed by atoms with Gasteiger partial charge >= 0.3 is 0 Å². The van der Waals surface area contributed by atoms with Gasteiger partial charge in [0.25, 0.3) is 0 Å². The molecule has 0 aromatic heterocycles. The first-order valence-corrected chi connectivity index (χ1v) is 10.2. The molecule has 0 unspecified atom stereocenters. The van der Waals surface area contributed by atoms with Crippen molar-refractivity contribution in [3.05, 3.63) is 28.7 Å². The third kappa shape index (κ3) is 4.14. The van der Waals surface area contributed by atoms with E-state index < -0.39 is 10.0 Å². The molecule has 1 saturated heterocycles. The van der Waals surface area contributed by atoms with Crippen LogP contribution in [0.15, 0.2) is 33.6 Å². The van der Waals surface area contributed by atoms with Gasteiger partial charge in [-0.15, -0.1) is 0 Å². The second-order valence-corrected chi connectivity index (χ2v) is 8.55. The molecule has 1 aliphatic heterocycles. The van der Waals surface area contributed by atoms with E-state index in [9.17, 15) is 13.2 Å². The Labute approximate surface area is 146 Å². The maximum absolute atomic E-state index is 12.6. The Bertz CT molecular complexity index is 634. The minimum absolute atomic E-state index is 0.0460. The summed E-state index contributed by atoms with van der Waals surface area (Å²) in [5, 5.41) is 0. The molecule has 0 saturated carbocycles. The number of halogens is 1. The molecular weight excluding hydrogens is 380 g/mol. The standard InChI is InChI=1S/C16H23BrN2O3S/c1-3-13(4-2)16(20)18-9-11-19(12-10-18)23(21,22)15-7-5-14(17)6-8-15/h5-8,13H,3-4,9-12H2,1-2H3. The summed E-state index contributed by atoms with van der Waals surface area (Å²) >= 11 is 3.31. The van der Waals surface area contributed by atoms with Gasteiger partial charge in [-0.3, -0.25) is 4.79 Å². The van der Waals surface area contributed by atoms with Gasteiger partial charge in [0.15, 0.2) is 0 Å². The Balaban J connectivity index is 2.03. The maximum Gasteiger partial charge on any atom is 0.243 e. The normalized spacial score (nSPS) is 16.8. The predicted octanol–water partition coefficient (Wildman–Crippen LogP) is 2.72. The van der Waals surface area contributed by atoms with Gasteiger partial charge in [-0.25, -0.2) is 8.42 Å². The van der Waals surface area contributed by atoms with Crippen LogP contribution in [-0.2, 0) is 14.8 Å². The lowest BCUT2D eigenvalue weighted by Crippen LogP contribution is -2.51. The average molecular weight is 403 g/mol. The van der Waals surface area contributed by atoms with Crippen LogP contribution in [0.5, 0.6) is 0 Å². The molecule has 23 heavy (non-hydrogen) atoms. The van der Waals surface area contributed by atoms with Crippen molar-refractivity contribution in [2.75, 3.05) is 26.2 Å². The molecule has 0 bridgehead atoms. The minimum atomic E-state index is -3.48. The average Bonchev–Trinajstić information content (AvgIpc) is 2.56. The zero-order valence-corrected chi connectivity index (χ0v) is 15.9. The lowest BCUT2D eigenvalue weighted by molar-refractivity contribution is -0.136. The number of sulfonamides is 1. The van der Waals surface area contributed by atoms with Crippen molar-refractivity contribution < 1.29 is 13.2 Å². The van der Waals surface area contributed by atoms with Crippen LogP contribution in [-0.4, -0.2) is 49.7 Å². The van der Waals surface area contributed by atoms with Gasteiger partial charge in [0.05, 0.1) is 4.90 Å².